The van der Waals surface area contributed by atoms with E-state index in [1.54, 1.807) is 0 Å². The zero-order chi connectivity index (χ0) is 21.8. The number of nitrogens with one attached hydrogen (secondary N) is 2. The number of nitrogens with zero attached hydrogens (tertiary/aromatic N) is 1. The third-order valence-corrected chi connectivity index (χ3v) is 5.60. The first-order chi connectivity index (χ1) is 15.0. The first-order valence-corrected chi connectivity index (χ1v) is 10.6. The van der Waals surface area contributed by atoms with Crippen molar-refractivity contribution in [1.29, 1.82) is 0 Å². The number of aryl methyl sites for hydroxylation is 1. The minimum atomic E-state index is -0.362. The fourth-order valence-electron chi connectivity index (χ4n) is 3.94. The molecule has 1 unspecified atom stereocenters. The number of anilines is 2. The van der Waals surface area contributed by atoms with Crippen LogP contribution in [0.1, 0.15) is 36.0 Å². The Kier molecular flexibility index (Phi) is 6.13. The summed E-state index contributed by atoms with van der Waals surface area (Å²) in [7, 11) is 0. The predicted molar refractivity (Wildman–Crippen MR) is 124 cm³/mol. The van der Waals surface area contributed by atoms with Gasteiger partial charge in [0.2, 0.25) is 0 Å². The summed E-state index contributed by atoms with van der Waals surface area (Å²) in [6, 6.07) is 19.8. The molecule has 6 nitrogen and oxygen atoms in total. The van der Waals surface area contributed by atoms with Crippen molar-refractivity contribution in [3.63, 3.8) is 0 Å². The lowest BCUT2D eigenvalue weighted by Crippen LogP contribution is -2.26. The van der Waals surface area contributed by atoms with Gasteiger partial charge in [-0.1, -0.05) is 60.7 Å². The van der Waals surface area contributed by atoms with E-state index in [4.69, 9.17) is 22.7 Å². The largest absolute Gasteiger partial charge is 0.457 e. The van der Waals surface area contributed by atoms with Crippen molar-refractivity contribution >= 4 is 29.8 Å². The van der Waals surface area contributed by atoms with Crippen LogP contribution in [0.2, 0.25) is 0 Å². The summed E-state index contributed by atoms with van der Waals surface area (Å²) < 4.78 is 5.97. The van der Waals surface area contributed by atoms with Gasteiger partial charge in [-0.15, -0.1) is 0 Å². The highest BCUT2D eigenvalue weighted by molar-refractivity contribution is 7.71. The van der Waals surface area contributed by atoms with Gasteiger partial charge in [-0.2, -0.15) is 0 Å². The molecule has 0 saturated heterocycles. The minimum Gasteiger partial charge on any atom is -0.457 e. The number of rotatable bonds is 6. The van der Waals surface area contributed by atoms with E-state index in [1.165, 1.54) is 5.56 Å². The van der Waals surface area contributed by atoms with Crippen molar-refractivity contribution in [3.05, 3.63) is 93.4 Å². The smallest absolute Gasteiger partial charge is 0.336 e. The van der Waals surface area contributed by atoms with E-state index in [2.05, 4.69) is 27.4 Å². The quantitative estimate of drug-likeness (QED) is 0.380. The second-order valence-electron chi connectivity index (χ2n) is 7.52. The molecule has 7 heteroatoms. The second-order valence-corrected chi connectivity index (χ2v) is 7.91. The molecule has 0 spiro atoms. The number of hydrogen-bond acceptors (Lipinski definition) is 6. The fraction of sp³-hybridized carbons (Fsp3) is 0.208. The van der Waals surface area contributed by atoms with E-state index < -0.39 is 0 Å². The monoisotopic (exact) mass is 432 g/mol. The van der Waals surface area contributed by atoms with Crippen molar-refractivity contribution in [2.45, 2.75) is 32.3 Å². The average molecular weight is 433 g/mol. The molecule has 2 aromatic carbocycles. The number of allylic oxidation sites excluding steroid dienone is 1. The molecule has 1 aliphatic rings. The number of carbonyl (C=O) groups is 1. The van der Waals surface area contributed by atoms with E-state index in [1.807, 2.05) is 55.5 Å². The maximum absolute atomic E-state index is 13.2. The van der Waals surface area contributed by atoms with E-state index >= 15 is 0 Å². The van der Waals surface area contributed by atoms with Gasteiger partial charge in [0.15, 0.2) is 4.77 Å². The van der Waals surface area contributed by atoms with Crippen molar-refractivity contribution in [2.24, 2.45) is 0 Å². The molecule has 2 heterocycles. The van der Waals surface area contributed by atoms with Crippen LogP contribution < -0.4 is 11.1 Å². The number of nitrogens with two attached hydrogens (primary N) is 1. The van der Waals surface area contributed by atoms with Crippen LogP contribution in [0.15, 0.2) is 71.9 Å². The normalized spacial score (nSPS) is 15.2. The SMILES string of the molecule is CC1=C(C(=O)OCc2ccccc2)C(CCc2ccccc2)c2c(nc(=S)[nH]c2N)N1. The molecule has 1 aliphatic heterocycles. The molecular formula is C24H24N4O2S. The molecule has 0 amide bonds. The molecule has 0 aliphatic carbocycles. The number of ether oxygens (including phenoxy) is 1. The first-order valence-electron chi connectivity index (χ1n) is 10.2. The Morgan fingerprint density at radius 1 is 1.10 bits per heavy atom. The highest BCUT2D eigenvalue weighted by Gasteiger charge is 2.34. The van der Waals surface area contributed by atoms with Gasteiger partial charge in [0.25, 0.3) is 0 Å². The van der Waals surface area contributed by atoms with E-state index in [9.17, 15) is 4.79 Å². The van der Waals surface area contributed by atoms with Crippen molar-refractivity contribution in [1.82, 2.24) is 9.97 Å². The number of aromatic nitrogens is 2. The van der Waals surface area contributed by atoms with Gasteiger partial charge in [-0.3, -0.25) is 0 Å². The number of aromatic amines is 1. The Labute approximate surface area is 186 Å². The number of fused-ring (bicyclic) bond motifs is 1. The van der Waals surface area contributed by atoms with Crippen LogP contribution in [0.5, 0.6) is 0 Å². The summed E-state index contributed by atoms with van der Waals surface area (Å²) in [4.78, 5) is 20.5. The van der Waals surface area contributed by atoms with Gasteiger partial charge in [-0.05, 0) is 43.1 Å². The predicted octanol–water partition coefficient (Wildman–Crippen LogP) is 4.88. The summed E-state index contributed by atoms with van der Waals surface area (Å²) in [5, 5.41) is 3.20. The van der Waals surface area contributed by atoms with Crippen molar-refractivity contribution in [2.75, 3.05) is 11.1 Å². The topological polar surface area (TPSA) is 93.0 Å². The number of benzene rings is 2. The zero-order valence-corrected chi connectivity index (χ0v) is 18.0. The lowest BCUT2D eigenvalue weighted by atomic mass is 9.83. The maximum atomic E-state index is 13.2. The molecule has 0 bridgehead atoms. The van der Waals surface area contributed by atoms with Crippen molar-refractivity contribution in [3.8, 4) is 0 Å². The lowest BCUT2D eigenvalue weighted by molar-refractivity contribution is -0.140. The van der Waals surface area contributed by atoms with E-state index in [0.29, 0.717) is 34.1 Å². The van der Waals surface area contributed by atoms with Crippen LogP contribution in [0.4, 0.5) is 11.6 Å². The maximum Gasteiger partial charge on any atom is 0.336 e. The van der Waals surface area contributed by atoms with Gasteiger partial charge in [0.05, 0.1) is 5.57 Å². The van der Waals surface area contributed by atoms with Gasteiger partial charge in [0.1, 0.15) is 18.2 Å². The molecule has 3 aromatic rings. The summed E-state index contributed by atoms with van der Waals surface area (Å²) in [5.74, 6) is 0.385. The second kappa shape index (κ2) is 9.14. The van der Waals surface area contributed by atoms with Gasteiger partial charge < -0.3 is 20.8 Å². The van der Waals surface area contributed by atoms with Crippen LogP contribution in [-0.2, 0) is 22.6 Å². The van der Waals surface area contributed by atoms with Crippen LogP contribution in [0.3, 0.4) is 0 Å². The molecule has 0 saturated carbocycles. The minimum absolute atomic E-state index is 0.208. The standard InChI is InChI=1S/C24H24N4O2S/c1-15-19(23(29)30-14-17-10-6-3-7-11-17)18(13-12-16-8-4-2-5-9-16)20-21(25)27-24(31)28-22(20)26-15/h2-11,18H,12-14H2,1H3,(H4,25,26,27,28,31). The average Bonchev–Trinajstić information content (AvgIpc) is 2.76. The first kappa shape index (κ1) is 20.8. The zero-order valence-electron chi connectivity index (χ0n) is 17.2. The number of H-pyrrole nitrogens is 1. The molecule has 31 heavy (non-hydrogen) atoms. The number of hydrogen-bond donors (Lipinski definition) is 3. The van der Waals surface area contributed by atoms with Gasteiger partial charge >= 0.3 is 5.97 Å². The Morgan fingerprint density at radius 3 is 2.42 bits per heavy atom. The molecule has 0 fully saturated rings. The Bertz CT molecular complexity index is 1170. The number of carbonyl (C=O) groups excluding carboxylic acids is 1. The Morgan fingerprint density at radius 2 is 1.74 bits per heavy atom. The third kappa shape index (κ3) is 4.67. The van der Waals surface area contributed by atoms with E-state index in [-0.39, 0.29) is 18.5 Å². The van der Waals surface area contributed by atoms with E-state index in [0.717, 1.165) is 17.5 Å². The molecule has 4 N–H and O–H groups in total. The summed E-state index contributed by atoms with van der Waals surface area (Å²) in [5.41, 5.74) is 10.4. The molecular weight excluding hydrogens is 408 g/mol. The number of nitrogen functional groups attached to an aromatic ring is 1. The van der Waals surface area contributed by atoms with Crippen LogP contribution in [-0.4, -0.2) is 15.9 Å². The van der Waals surface area contributed by atoms with Gasteiger partial charge in [0, 0.05) is 17.2 Å². The highest BCUT2D eigenvalue weighted by Crippen LogP contribution is 2.42. The molecule has 1 aromatic heterocycles. The molecule has 4 rings (SSSR count). The Hall–Kier alpha value is -3.45. The van der Waals surface area contributed by atoms with Crippen LogP contribution >= 0.6 is 12.2 Å². The number of esters is 1. The summed E-state index contributed by atoms with van der Waals surface area (Å²) in [6.07, 6.45) is 1.46. The van der Waals surface area contributed by atoms with Crippen molar-refractivity contribution < 1.29 is 9.53 Å². The molecule has 0 radical (unpaired) electrons. The van der Waals surface area contributed by atoms with Gasteiger partial charge in [-0.25, -0.2) is 9.78 Å². The third-order valence-electron chi connectivity index (χ3n) is 5.40. The van der Waals surface area contributed by atoms with Crippen LogP contribution in [0.25, 0.3) is 0 Å². The Balaban J connectivity index is 1.65. The fourth-order valence-corrected chi connectivity index (χ4v) is 4.14. The highest BCUT2D eigenvalue weighted by atomic mass is 32.1. The lowest BCUT2D eigenvalue weighted by Gasteiger charge is -2.30. The summed E-state index contributed by atoms with van der Waals surface area (Å²) in [6.45, 7) is 2.06. The molecule has 158 valence electrons. The summed E-state index contributed by atoms with van der Waals surface area (Å²) >= 11 is 5.19. The van der Waals surface area contributed by atoms with Crippen LogP contribution in [0, 0.1) is 4.77 Å². The molecule has 1 atom stereocenters.